The molecule has 0 fully saturated rings. The van der Waals surface area contributed by atoms with Gasteiger partial charge < -0.3 is 0 Å². The lowest BCUT2D eigenvalue weighted by atomic mass is 9.84. The first-order chi connectivity index (χ1) is 6.97. The van der Waals surface area contributed by atoms with E-state index in [-0.39, 0.29) is 5.41 Å². The van der Waals surface area contributed by atoms with Crippen LogP contribution < -0.4 is 0 Å². The first-order valence-corrected chi connectivity index (χ1v) is 5.95. The SMILES string of the molecule is CCCC(C)(C)c1cccc(C(C)C)n1. The first kappa shape index (κ1) is 12.2. The molecule has 0 saturated carbocycles. The summed E-state index contributed by atoms with van der Waals surface area (Å²) in [6.07, 6.45) is 2.40. The van der Waals surface area contributed by atoms with Crippen LogP contribution in [0, 0.1) is 0 Å². The van der Waals surface area contributed by atoms with Crippen LogP contribution in [0.3, 0.4) is 0 Å². The Bertz CT molecular complexity index is 313. The predicted molar refractivity (Wildman–Crippen MR) is 66.3 cm³/mol. The fraction of sp³-hybridized carbons (Fsp3) is 0.643. The predicted octanol–water partition coefficient (Wildman–Crippen LogP) is 4.28. The molecule has 0 aromatic carbocycles. The van der Waals surface area contributed by atoms with Crippen LogP contribution in [-0.2, 0) is 5.41 Å². The highest BCUT2D eigenvalue weighted by Gasteiger charge is 2.21. The van der Waals surface area contributed by atoms with Gasteiger partial charge in [-0.2, -0.15) is 0 Å². The van der Waals surface area contributed by atoms with Crippen molar-refractivity contribution in [1.82, 2.24) is 4.98 Å². The second-order valence-corrected chi connectivity index (χ2v) is 5.24. The second-order valence-electron chi connectivity index (χ2n) is 5.24. The molecule has 1 nitrogen and oxygen atoms in total. The van der Waals surface area contributed by atoms with Crippen molar-refractivity contribution in [2.75, 3.05) is 0 Å². The molecule has 0 radical (unpaired) electrons. The Morgan fingerprint density at radius 1 is 1.27 bits per heavy atom. The lowest BCUT2D eigenvalue weighted by Crippen LogP contribution is -2.19. The van der Waals surface area contributed by atoms with Gasteiger partial charge in [0.05, 0.1) is 0 Å². The molecule has 0 aliphatic rings. The number of rotatable bonds is 4. The Morgan fingerprint density at radius 3 is 2.47 bits per heavy atom. The molecule has 0 N–H and O–H groups in total. The highest BCUT2D eigenvalue weighted by atomic mass is 14.7. The maximum atomic E-state index is 4.76. The topological polar surface area (TPSA) is 12.9 Å². The molecule has 0 amide bonds. The molecule has 1 heterocycles. The third kappa shape index (κ3) is 3.05. The van der Waals surface area contributed by atoms with E-state index in [1.807, 2.05) is 0 Å². The number of nitrogens with zero attached hydrogens (tertiary/aromatic N) is 1. The third-order valence-electron chi connectivity index (χ3n) is 2.93. The van der Waals surface area contributed by atoms with E-state index in [9.17, 15) is 0 Å². The minimum Gasteiger partial charge on any atom is -0.257 e. The molecule has 1 heteroatoms. The highest BCUT2D eigenvalue weighted by molar-refractivity contribution is 5.19. The van der Waals surface area contributed by atoms with Gasteiger partial charge >= 0.3 is 0 Å². The molecular weight excluding hydrogens is 182 g/mol. The fourth-order valence-corrected chi connectivity index (χ4v) is 1.90. The Morgan fingerprint density at radius 2 is 1.93 bits per heavy atom. The molecule has 15 heavy (non-hydrogen) atoms. The van der Waals surface area contributed by atoms with Crippen molar-refractivity contribution in [3.63, 3.8) is 0 Å². The molecule has 0 unspecified atom stereocenters. The number of hydrogen-bond acceptors (Lipinski definition) is 1. The Labute approximate surface area is 93.9 Å². The maximum Gasteiger partial charge on any atom is 0.0463 e. The summed E-state index contributed by atoms with van der Waals surface area (Å²) in [5, 5.41) is 0. The Hall–Kier alpha value is -0.850. The van der Waals surface area contributed by atoms with E-state index in [4.69, 9.17) is 4.98 Å². The normalized spacial score (nSPS) is 12.1. The Balaban J connectivity index is 2.99. The molecule has 84 valence electrons. The molecular formula is C14H23N. The molecule has 1 aromatic heterocycles. The lowest BCUT2D eigenvalue weighted by Gasteiger charge is -2.24. The van der Waals surface area contributed by atoms with Crippen LogP contribution in [0.5, 0.6) is 0 Å². The minimum absolute atomic E-state index is 0.208. The summed E-state index contributed by atoms with van der Waals surface area (Å²) in [5.74, 6) is 0.516. The molecule has 0 bridgehead atoms. The summed E-state index contributed by atoms with van der Waals surface area (Å²) in [6, 6.07) is 6.41. The summed E-state index contributed by atoms with van der Waals surface area (Å²) in [6.45, 7) is 11.2. The van der Waals surface area contributed by atoms with E-state index in [1.54, 1.807) is 0 Å². The van der Waals surface area contributed by atoms with Gasteiger partial charge in [-0.15, -0.1) is 0 Å². The van der Waals surface area contributed by atoms with Crippen LogP contribution in [-0.4, -0.2) is 4.98 Å². The van der Waals surface area contributed by atoms with E-state index in [0.717, 1.165) is 0 Å². The van der Waals surface area contributed by atoms with Gasteiger partial charge in [0, 0.05) is 16.8 Å². The van der Waals surface area contributed by atoms with Crippen molar-refractivity contribution in [2.24, 2.45) is 0 Å². The second kappa shape index (κ2) is 4.78. The van der Waals surface area contributed by atoms with Gasteiger partial charge in [-0.25, -0.2) is 0 Å². The smallest absolute Gasteiger partial charge is 0.0463 e. The van der Waals surface area contributed by atoms with Gasteiger partial charge in [-0.3, -0.25) is 4.98 Å². The minimum atomic E-state index is 0.208. The average Bonchev–Trinajstić information content (AvgIpc) is 2.18. The van der Waals surface area contributed by atoms with E-state index in [1.165, 1.54) is 24.2 Å². The summed E-state index contributed by atoms with van der Waals surface area (Å²) < 4.78 is 0. The first-order valence-electron chi connectivity index (χ1n) is 5.95. The molecule has 0 spiro atoms. The summed E-state index contributed by atoms with van der Waals surface area (Å²) in [5.41, 5.74) is 2.65. The van der Waals surface area contributed by atoms with Crippen molar-refractivity contribution < 1.29 is 0 Å². The largest absolute Gasteiger partial charge is 0.257 e. The van der Waals surface area contributed by atoms with Gasteiger partial charge in [0.15, 0.2) is 0 Å². The molecule has 0 aliphatic carbocycles. The Kier molecular flexibility index (Phi) is 3.90. The standard InChI is InChI=1S/C14H23N/c1-6-10-14(4,5)13-9-7-8-12(15-13)11(2)3/h7-9,11H,6,10H2,1-5H3. The van der Waals surface area contributed by atoms with Crippen molar-refractivity contribution >= 4 is 0 Å². The lowest BCUT2D eigenvalue weighted by molar-refractivity contribution is 0.457. The van der Waals surface area contributed by atoms with Crippen LogP contribution >= 0.6 is 0 Å². The van der Waals surface area contributed by atoms with Crippen LogP contribution in [0.15, 0.2) is 18.2 Å². The quantitative estimate of drug-likeness (QED) is 0.715. The fourth-order valence-electron chi connectivity index (χ4n) is 1.90. The van der Waals surface area contributed by atoms with Crippen LogP contribution in [0.4, 0.5) is 0 Å². The zero-order valence-electron chi connectivity index (χ0n) is 10.7. The summed E-state index contributed by atoms with van der Waals surface area (Å²) >= 11 is 0. The van der Waals surface area contributed by atoms with E-state index < -0.39 is 0 Å². The van der Waals surface area contributed by atoms with Crippen LogP contribution in [0.25, 0.3) is 0 Å². The molecule has 0 aliphatic heterocycles. The van der Waals surface area contributed by atoms with Gasteiger partial charge in [0.2, 0.25) is 0 Å². The van der Waals surface area contributed by atoms with E-state index >= 15 is 0 Å². The van der Waals surface area contributed by atoms with Crippen molar-refractivity contribution in [2.45, 2.75) is 58.8 Å². The number of aromatic nitrogens is 1. The number of hydrogen-bond donors (Lipinski definition) is 0. The third-order valence-corrected chi connectivity index (χ3v) is 2.93. The zero-order chi connectivity index (χ0) is 11.5. The van der Waals surface area contributed by atoms with Crippen molar-refractivity contribution in [1.29, 1.82) is 0 Å². The number of pyridine rings is 1. The van der Waals surface area contributed by atoms with Crippen LogP contribution in [0.1, 0.15) is 64.8 Å². The maximum absolute atomic E-state index is 4.76. The highest BCUT2D eigenvalue weighted by Crippen LogP contribution is 2.27. The monoisotopic (exact) mass is 205 g/mol. The molecule has 0 atom stereocenters. The van der Waals surface area contributed by atoms with E-state index in [2.05, 4.69) is 52.8 Å². The molecule has 0 saturated heterocycles. The summed E-state index contributed by atoms with van der Waals surface area (Å²) in [4.78, 5) is 4.76. The van der Waals surface area contributed by atoms with Crippen molar-refractivity contribution in [3.05, 3.63) is 29.6 Å². The summed E-state index contributed by atoms with van der Waals surface area (Å²) in [7, 11) is 0. The van der Waals surface area contributed by atoms with Crippen molar-refractivity contribution in [3.8, 4) is 0 Å². The van der Waals surface area contributed by atoms with E-state index in [0.29, 0.717) is 5.92 Å². The van der Waals surface area contributed by atoms with Gasteiger partial charge in [-0.05, 0) is 24.5 Å². The zero-order valence-corrected chi connectivity index (χ0v) is 10.7. The average molecular weight is 205 g/mol. The molecule has 1 aromatic rings. The van der Waals surface area contributed by atoms with Crippen LogP contribution in [0.2, 0.25) is 0 Å². The van der Waals surface area contributed by atoms with Gasteiger partial charge in [0.25, 0.3) is 0 Å². The molecule has 1 rings (SSSR count). The van der Waals surface area contributed by atoms with Gasteiger partial charge in [0.1, 0.15) is 0 Å². The van der Waals surface area contributed by atoms with Gasteiger partial charge in [-0.1, -0.05) is 47.1 Å².